The van der Waals surface area contributed by atoms with Crippen LogP contribution in [0.4, 0.5) is 0 Å². The van der Waals surface area contributed by atoms with Gasteiger partial charge in [-0.25, -0.2) is 9.97 Å². The lowest BCUT2D eigenvalue weighted by Crippen LogP contribution is -2.02. The SMILES string of the molecule is COc1cc2[nH]ccc(=O)c2cn1.COc1ncc2c(=O)cc[nH]c2c1Br. The van der Waals surface area contributed by atoms with E-state index in [2.05, 4.69) is 35.9 Å². The van der Waals surface area contributed by atoms with Gasteiger partial charge in [-0.1, -0.05) is 0 Å². The topological polar surface area (TPSA) is 110 Å². The monoisotopic (exact) mass is 430 g/mol. The van der Waals surface area contributed by atoms with Crippen LogP contribution in [0.1, 0.15) is 0 Å². The van der Waals surface area contributed by atoms with Crippen LogP contribution in [0.3, 0.4) is 0 Å². The number of pyridine rings is 4. The van der Waals surface area contributed by atoms with Crippen LogP contribution < -0.4 is 20.3 Å². The number of hydrogen-bond donors (Lipinski definition) is 2. The van der Waals surface area contributed by atoms with Crippen molar-refractivity contribution in [2.24, 2.45) is 0 Å². The molecular formula is C18H15BrN4O4. The molecule has 2 N–H and O–H groups in total. The van der Waals surface area contributed by atoms with Gasteiger partial charge in [0, 0.05) is 43.0 Å². The number of halogens is 1. The lowest BCUT2D eigenvalue weighted by molar-refractivity contribution is 0.396. The van der Waals surface area contributed by atoms with E-state index < -0.39 is 0 Å². The second-order valence-corrected chi connectivity index (χ2v) is 6.12. The number of ether oxygens (including phenoxy) is 2. The largest absolute Gasteiger partial charge is 0.481 e. The Labute approximate surface area is 161 Å². The van der Waals surface area contributed by atoms with E-state index in [0.717, 1.165) is 5.52 Å². The highest BCUT2D eigenvalue weighted by molar-refractivity contribution is 9.10. The fourth-order valence-corrected chi connectivity index (χ4v) is 2.98. The molecule has 0 amide bonds. The molecule has 0 radical (unpaired) electrons. The summed E-state index contributed by atoms with van der Waals surface area (Å²) in [6.07, 6.45) is 6.20. The molecule has 27 heavy (non-hydrogen) atoms. The second-order valence-electron chi connectivity index (χ2n) is 5.33. The van der Waals surface area contributed by atoms with Crippen LogP contribution in [0, 0.1) is 0 Å². The van der Waals surface area contributed by atoms with Gasteiger partial charge >= 0.3 is 0 Å². The van der Waals surface area contributed by atoms with Gasteiger partial charge in [0.05, 0.1) is 36.0 Å². The maximum absolute atomic E-state index is 11.4. The quantitative estimate of drug-likeness (QED) is 0.505. The lowest BCUT2D eigenvalue weighted by atomic mass is 10.2. The number of methoxy groups -OCH3 is 2. The first kappa shape index (κ1) is 18.6. The van der Waals surface area contributed by atoms with Gasteiger partial charge < -0.3 is 19.4 Å². The van der Waals surface area contributed by atoms with E-state index in [-0.39, 0.29) is 10.9 Å². The highest BCUT2D eigenvalue weighted by atomic mass is 79.9. The summed E-state index contributed by atoms with van der Waals surface area (Å²) in [6, 6.07) is 4.62. The van der Waals surface area contributed by atoms with Crippen LogP contribution in [-0.4, -0.2) is 34.2 Å². The van der Waals surface area contributed by atoms with Gasteiger partial charge in [-0.15, -0.1) is 0 Å². The predicted octanol–water partition coefficient (Wildman–Crippen LogP) is 2.63. The number of rotatable bonds is 2. The number of H-pyrrole nitrogens is 2. The predicted molar refractivity (Wildman–Crippen MR) is 106 cm³/mol. The fraction of sp³-hybridized carbons (Fsp3) is 0.111. The minimum Gasteiger partial charge on any atom is -0.481 e. The molecule has 0 aliphatic rings. The summed E-state index contributed by atoms with van der Waals surface area (Å²) in [5, 5.41) is 1.11. The van der Waals surface area contributed by atoms with Crippen molar-refractivity contribution in [1.82, 2.24) is 19.9 Å². The number of aromatic nitrogens is 4. The van der Waals surface area contributed by atoms with Crippen LogP contribution in [0.2, 0.25) is 0 Å². The zero-order valence-corrected chi connectivity index (χ0v) is 16.0. The van der Waals surface area contributed by atoms with Gasteiger partial charge in [0.25, 0.3) is 0 Å². The molecule has 0 aromatic carbocycles. The molecule has 0 aliphatic heterocycles. The maximum Gasteiger partial charge on any atom is 0.229 e. The Morgan fingerprint density at radius 3 is 2.30 bits per heavy atom. The van der Waals surface area contributed by atoms with Gasteiger partial charge in [0.15, 0.2) is 10.9 Å². The van der Waals surface area contributed by atoms with E-state index in [1.54, 1.807) is 18.5 Å². The van der Waals surface area contributed by atoms with Crippen LogP contribution in [0.25, 0.3) is 21.8 Å². The Morgan fingerprint density at radius 1 is 0.926 bits per heavy atom. The van der Waals surface area contributed by atoms with Crippen molar-refractivity contribution in [2.45, 2.75) is 0 Å². The molecule has 4 rings (SSSR count). The molecule has 4 heterocycles. The lowest BCUT2D eigenvalue weighted by Gasteiger charge is -2.04. The highest BCUT2D eigenvalue weighted by Gasteiger charge is 2.08. The molecule has 0 spiro atoms. The third-order valence-corrected chi connectivity index (χ3v) is 4.47. The molecule has 0 unspecified atom stereocenters. The third kappa shape index (κ3) is 3.82. The van der Waals surface area contributed by atoms with Crippen molar-refractivity contribution in [3.63, 3.8) is 0 Å². The standard InChI is InChI=1S/C9H7BrN2O2.C9H8N2O2/c1-14-9-7(10)8-5(4-12-9)6(13)2-3-11-8;1-13-9-4-7-6(5-11-9)8(12)2-3-10-7/h2-4H,1H3,(H,11,13);2-5H,1H3,(H,10,12). The molecule has 0 aliphatic carbocycles. The summed E-state index contributed by atoms with van der Waals surface area (Å²) < 4.78 is 10.6. The van der Waals surface area contributed by atoms with Crippen LogP contribution in [-0.2, 0) is 0 Å². The van der Waals surface area contributed by atoms with E-state index in [4.69, 9.17) is 9.47 Å². The summed E-state index contributed by atoms with van der Waals surface area (Å²) in [4.78, 5) is 36.5. The maximum atomic E-state index is 11.4. The van der Waals surface area contributed by atoms with Crippen molar-refractivity contribution in [2.75, 3.05) is 14.2 Å². The summed E-state index contributed by atoms with van der Waals surface area (Å²) in [5.74, 6) is 0.953. The van der Waals surface area contributed by atoms with Gasteiger partial charge in [-0.3, -0.25) is 9.59 Å². The molecule has 9 heteroatoms. The van der Waals surface area contributed by atoms with Crippen molar-refractivity contribution in [1.29, 1.82) is 0 Å². The molecule has 0 saturated heterocycles. The van der Waals surface area contributed by atoms with E-state index in [0.29, 0.717) is 32.5 Å². The molecule has 4 aromatic rings. The van der Waals surface area contributed by atoms with Crippen molar-refractivity contribution < 1.29 is 9.47 Å². The van der Waals surface area contributed by atoms with Crippen LogP contribution in [0.5, 0.6) is 11.8 Å². The normalized spacial score (nSPS) is 10.3. The molecule has 0 saturated carbocycles. The average molecular weight is 431 g/mol. The van der Waals surface area contributed by atoms with Crippen molar-refractivity contribution in [3.05, 3.63) is 67.9 Å². The number of fused-ring (bicyclic) bond motifs is 2. The first-order chi connectivity index (χ1) is 13.0. The van der Waals surface area contributed by atoms with E-state index >= 15 is 0 Å². The number of nitrogens with one attached hydrogen (secondary N) is 2. The molecule has 0 fully saturated rings. The van der Waals surface area contributed by atoms with E-state index in [9.17, 15) is 9.59 Å². The first-order valence-corrected chi connectivity index (χ1v) is 8.55. The zero-order chi connectivity index (χ0) is 19.4. The van der Waals surface area contributed by atoms with Crippen LogP contribution in [0.15, 0.2) is 57.0 Å². The smallest absolute Gasteiger partial charge is 0.229 e. The summed E-state index contributed by atoms with van der Waals surface area (Å²) >= 11 is 3.32. The van der Waals surface area contributed by atoms with Gasteiger partial charge in [-0.05, 0) is 15.9 Å². The fourth-order valence-electron chi connectivity index (χ4n) is 2.39. The molecule has 8 nitrogen and oxygen atoms in total. The van der Waals surface area contributed by atoms with E-state index in [1.165, 1.54) is 38.7 Å². The Morgan fingerprint density at radius 2 is 1.59 bits per heavy atom. The highest BCUT2D eigenvalue weighted by Crippen LogP contribution is 2.27. The number of nitrogens with zero attached hydrogens (tertiary/aromatic N) is 2. The second kappa shape index (κ2) is 8.00. The first-order valence-electron chi connectivity index (χ1n) is 7.76. The Kier molecular flexibility index (Phi) is 5.51. The summed E-state index contributed by atoms with van der Waals surface area (Å²) in [7, 11) is 3.06. The van der Waals surface area contributed by atoms with E-state index in [1.807, 2.05) is 0 Å². The van der Waals surface area contributed by atoms with Gasteiger partial charge in [0.2, 0.25) is 11.8 Å². The summed E-state index contributed by atoms with van der Waals surface area (Å²) in [6.45, 7) is 0. The van der Waals surface area contributed by atoms with Crippen LogP contribution >= 0.6 is 15.9 Å². The summed E-state index contributed by atoms with van der Waals surface area (Å²) in [5.41, 5.74) is 1.34. The Balaban J connectivity index is 0.000000156. The minimum atomic E-state index is -0.0606. The molecule has 4 aromatic heterocycles. The minimum absolute atomic E-state index is 0.0381. The van der Waals surface area contributed by atoms with Crippen molar-refractivity contribution in [3.8, 4) is 11.8 Å². The number of hydrogen-bond acceptors (Lipinski definition) is 6. The zero-order valence-electron chi connectivity index (χ0n) is 14.4. The Bertz CT molecular complexity index is 1220. The molecular weight excluding hydrogens is 416 g/mol. The average Bonchev–Trinajstić information content (AvgIpc) is 2.69. The molecule has 0 atom stereocenters. The van der Waals surface area contributed by atoms with Gasteiger partial charge in [-0.2, -0.15) is 0 Å². The van der Waals surface area contributed by atoms with Crippen molar-refractivity contribution >= 4 is 37.7 Å². The third-order valence-electron chi connectivity index (χ3n) is 3.74. The molecule has 138 valence electrons. The number of aromatic amines is 2. The molecule has 0 bridgehead atoms. The van der Waals surface area contributed by atoms with Gasteiger partial charge in [0.1, 0.15) is 4.47 Å². The Hall–Kier alpha value is -3.20.